The first-order valence-corrected chi connectivity index (χ1v) is 13.1. The normalized spacial score (nSPS) is 16.9. The summed E-state index contributed by atoms with van der Waals surface area (Å²) in [5, 5.41) is 11.7. The number of halogens is 2. The molecule has 33 heavy (non-hydrogen) atoms. The summed E-state index contributed by atoms with van der Waals surface area (Å²) in [4.78, 5) is 2.06. The summed E-state index contributed by atoms with van der Waals surface area (Å²) in [6, 6.07) is 21.7. The van der Waals surface area contributed by atoms with Crippen LogP contribution in [0.25, 0.3) is 0 Å². The van der Waals surface area contributed by atoms with Crippen LogP contribution < -0.4 is 4.74 Å². The molecule has 1 aliphatic rings. The number of methoxy groups -OCH3 is 1. The molecular formula is C25H25Cl2NO4S. The Kier molecular flexibility index (Phi) is 6.76. The molecule has 174 valence electrons. The van der Waals surface area contributed by atoms with E-state index in [1.165, 1.54) is 6.26 Å². The van der Waals surface area contributed by atoms with Crippen molar-refractivity contribution in [2.75, 3.05) is 26.5 Å². The predicted octanol–water partition coefficient (Wildman–Crippen LogP) is 4.92. The van der Waals surface area contributed by atoms with Gasteiger partial charge >= 0.3 is 0 Å². The first-order valence-electron chi connectivity index (χ1n) is 10.4. The lowest BCUT2D eigenvalue weighted by Gasteiger charge is -2.53. The van der Waals surface area contributed by atoms with E-state index in [-0.39, 0.29) is 19.1 Å². The fourth-order valence-electron chi connectivity index (χ4n) is 4.64. The summed E-state index contributed by atoms with van der Waals surface area (Å²) in [7, 11) is -2.05. The minimum atomic E-state index is -3.60. The summed E-state index contributed by atoms with van der Waals surface area (Å²) in [6.45, 7) is 0.374. The Morgan fingerprint density at radius 1 is 0.848 bits per heavy atom. The predicted molar refractivity (Wildman–Crippen MR) is 132 cm³/mol. The summed E-state index contributed by atoms with van der Waals surface area (Å²) >= 11 is 12.2. The lowest BCUT2D eigenvalue weighted by atomic mass is 9.82. The second-order valence-electron chi connectivity index (χ2n) is 8.50. The van der Waals surface area contributed by atoms with Crippen molar-refractivity contribution in [2.24, 2.45) is 0 Å². The van der Waals surface area contributed by atoms with Gasteiger partial charge in [0.05, 0.1) is 13.2 Å². The molecule has 0 amide bonds. The minimum absolute atomic E-state index is 0.184. The highest BCUT2D eigenvalue weighted by molar-refractivity contribution is 7.91. The van der Waals surface area contributed by atoms with Gasteiger partial charge in [-0.15, -0.1) is 0 Å². The Morgan fingerprint density at radius 2 is 1.27 bits per heavy atom. The Bertz CT molecular complexity index is 1160. The highest BCUT2D eigenvalue weighted by Gasteiger charge is 2.54. The molecule has 1 heterocycles. The van der Waals surface area contributed by atoms with Crippen molar-refractivity contribution in [1.82, 2.24) is 4.90 Å². The molecule has 0 spiro atoms. The number of hydrogen-bond acceptors (Lipinski definition) is 5. The molecule has 1 aliphatic heterocycles. The van der Waals surface area contributed by atoms with Gasteiger partial charge in [0.1, 0.15) is 16.6 Å². The maximum atomic E-state index is 12.8. The van der Waals surface area contributed by atoms with Crippen molar-refractivity contribution in [3.8, 4) is 5.75 Å². The summed E-state index contributed by atoms with van der Waals surface area (Å²) < 4.78 is 30.7. The number of likely N-dealkylation sites (tertiary alicyclic amines) is 1. The lowest BCUT2D eigenvalue weighted by Crippen LogP contribution is -2.66. The maximum absolute atomic E-state index is 12.8. The topological polar surface area (TPSA) is 66.8 Å². The summed E-state index contributed by atoms with van der Waals surface area (Å²) in [5.41, 5.74) is 1.09. The fourth-order valence-corrected chi connectivity index (χ4v) is 6.49. The average Bonchev–Trinajstić information content (AvgIpc) is 2.75. The maximum Gasteiger partial charge on any atom is 0.157 e. The van der Waals surface area contributed by atoms with Crippen LogP contribution >= 0.6 is 23.2 Å². The van der Waals surface area contributed by atoms with Crippen LogP contribution in [0.3, 0.4) is 0 Å². The van der Waals surface area contributed by atoms with Gasteiger partial charge in [0.15, 0.2) is 9.84 Å². The molecule has 4 rings (SSSR count). The van der Waals surface area contributed by atoms with Crippen LogP contribution in [0, 0.1) is 0 Å². The fraction of sp³-hybridized carbons (Fsp3) is 0.280. The number of benzene rings is 3. The largest absolute Gasteiger partial charge is 0.497 e. The SMILES string of the molecule is COc1ccc(C(C2(O)CN(C(c3ccc(Cl)cc3)c3ccc(Cl)cc3)C2)S(C)(=O)=O)cc1. The van der Waals surface area contributed by atoms with E-state index in [0.717, 1.165) is 11.1 Å². The lowest BCUT2D eigenvalue weighted by molar-refractivity contribution is -0.112. The van der Waals surface area contributed by atoms with Gasteiger partial charge in [0.25, 0.3) is 0 Å². The number of ether oxygens (including phenoxy) is 1. The number of rotatable bonds is 7. The number of sulfone groups is 1. The number of aliphatic hydroxyl groups is 1. The molecule has 5 nitrogen and oxygen atoms in total. The van der Waals surface area contributed by atoms with E-state index in [1.807, 2.05) is 48.5 Å². The van der Waals surface area contributed by atoms with Crippen molar-refractivity contribution in [3.05, 3.63) is 99.5 Å². The first-order chi connectivity index (χ1) is 15.6. The van der Waals surface area contributed by atoms with E-state index in [4.69, 9.17) is 27.9 Å². The zero-order valence-corrected chi connectivity index (χ0v) is 20.6. The third-order valence-corrected chi connectivity index (χ3v) is 8.10. The number of nitrogens with zero attached hydrogens (tertiary/aromatic N) is 1. The van der Waals surface area contributed by atoms with Crippen molar-refractivity contribution in [3.63, 3.8) is 0 Å². The average molecular weight is 506 g/mol. The van der Waals surface area contributed by atoms with Gasteiger partial charge < -0.3 is 9.84 Å². The third kappa shape index (κ3) is 5.05. The Balaban J connectivity index is 1.67. The van der Waals surface area contributed by atoms with Gasteiger partial charge in [-0.2, -0.15) is 0 Å². The van der Waals surface area contributed by atoms with Crippen LogP contribution in [0.4, 0.5) is 0 Å². The quantitative estimate of drug-likeness (QED) is 0.493. The van der Waals surface area contributed by atoms with Crippen molar-refractivity contribution in [2.45, 2.75) is 16.9 Å². The van der Waals surface area contributed by atoms with Gasteiger partial charge in [-0.1, -0.05) is 59.6 Å². The van der Waals surface area contributed by atoms with E-state index >= 15 is 0 Å². The standard InChI is InChI=1S/C25H25Cl2NO4S/c1-32-22-13-7-19(8-14-22)24(33(2,30)31)25(29)15-28(16-25)23(17-3-9-20(26)10-4-17)18-5-11-21(27)12-6-18/h3-14,23-24,29H,15-16H2,1-2H3. The molecule has 0 saturated carbocycles. The van der Waals surface area contributed by atoms with E-state index in [9.17, 15) is 13.5 Å². The Hall–Kier alpha value is -2.09. The molecule has 1 fully saturated rings. The van der Waals surface area contributed by atoms with Crippen LogP contribution in [0.15, 0.2) is 72.8 Å². The number of β-amino-alcohol motifs (C(OH)–C–C–N with tert-alkyl or cyclic N) is 1. The zero-order chi connectivity index (χ0) is 23.8. The van der Waals surface area contributed by atoms with E-state index in [2.05, 4.69) is 4.90 Å². The molecule has 1 unspecified atom stereocenters. The van der Waals surface area contributed by atoms with Crippen LogP contribution in [0.5, 0.6) is 5.75 Å². The molecule has 1 N–H and O–H groups in total. The summed E-state index contributed by atoms with van der Waals surface area (Å²) in [5.74, 6) is 0.624. The van der Waals surface area contributed by atoms with Gasteiger partial charge in [0.2, 0.25) is 0 Å². The van der Waals surface area contributed by atoms with Crippen molar-refractivity contribution < 1.29 is 18.3 Å². The molecule has 3 aromatic carbocycles. The molecule has 1 saturated heterocycles. The van der Waals surface area contributed by atoms with Gasteiger partial charge in [-0.25, -0.2) is 8.42 Å². The van der Waals surface area contributed by atoms with Crippen LogP contribution in [-0.2, 0) is 9.84 Å². The molecule has 0 radical (unpaired) electrons. The monoisotopic (exact) mass is 505 g/mol. The molecule has 0 bridgehead atoms. The molecule has 0 aliphatic carbocycles. The first kappa shape index (κ1) is 24.0. The Morgan fingerprint density at radius 3 is 1.67 bits per heavy atom. The van der Waals surface area contributed by atoms with Crippen LogP contribution in [0.1, 0.15) is 28.0 Å². The highest BCUT2D eigenvalue weighted by atomic mass is 35.5. The second kappa shape index (κ2) is 9.28. The van der Waals surface area contributed by atoms with Crippen LogP contribution in [0.2, 0.25) is 10.0 Å². The Labute approximate surface area is 204 Å². The van der Waals surface area contributed by atoms with E-state index in [1.54, 1.807) is 31.4 Å². The van der Waals surface area contributed by atoms with Gasteiger partial charge in [-0.3, -0.25) is 4.90 Å². The molecule has 1 atom stereocenters. The minimum Gasteiger partial charge on any atom is -0.497 e. The molecule has 0 aromatic heterocycles. The molecule has 8 heteroatoms. The van der Waals surface area contributed by atoms with Crippen molar-refractivity contribution in [1.29, 1.82) is 0 Å². The molecule has 3 aromatic rings. The van der Waals surface area contributed by atoms with E-state index < -0.39 is 20.7 Å². The third-order valence-electron chi connectivity index (χ3n) is 6.03. The van der Waals surface area contributed by atoms with Crippen molar-refractivity contribution >= 4 is 33.0 Å². The molecular weight excluding hydrogens is 481 g/mol. The van der Waals surface area contributed by atoms with Gasteiger partial charge in [0, 0.05) is 29.4 Å². The zero-order valence-electron chi connectivity index (χ0n) is 18.3. The van der Waals surface area contributed by atoms with Gasteiger partial charge in [-0.05, 0) is 53.1 Å². The smallest absolute Gasteiger partial charge is 0.157 e. The highest BCUT2D eigenvalue weighted by Crippen LogP contribution is 2.45. The summed E-state index contributed by atoms with van der Waals surface area (Å²) in [6.07, 6.45) is 1.17. The number of hydrogen-bond donors (Lipinski definition) is 1. The second-order valence-corrected chi connectivity index (χ2v) is 11.5. The van der Waals surface area contributed by atoms with E-state index in [0.29, 0.717) is 21.4 Å². The van der Waals surface area contributed by atoms with Crippen LogP contribution in [-0.4, -0.2) is 50.5 Å².